The summed E-state index contributed by atoms with van der Waals surface area (Å²) in [7, 11) is 0. The van der Waals surface area contributed by atoms with Gasteiger partial charge in [0, 0.05) is 31.1 Å². The van der Waals surface area contributed by atoms with E-state index in [1.165, 1.54) is 18.2 Å². The van der Waals surface area contributed by atoms with Crippen molar-refractivity contribution >= 4 is 22.9 Å². The van der Waals surface area contributed by atoms with Crippen LogP contribution >= 0.6 is 0 Å². The van der Waals surface area contributed by atoms with Gasteiger partial charge in [-0.15, -0.1) is 0 Å². The molecule has 1 amide bonds. The highest BCUT2D eigenvalue weighted by Gasteiger charge is 2.28. The van der Waals surface area contributed by atoms with Gasteiger partial charge in [0.15, 0.2) is 5.58 Å². The smallest absolute Gasteiger partial charge is 0.410 e. The van der Waals surface area contributed by atoms with E-state index in [9.17, 15) is 14.9 Å². The Labute approximate surface area is 156 Å². The molecule has 1 atom stereocenters. The van der Waals surface area contributed by atoms with Crippen LogP contribution in [0.3, 0.4) is 0 Å². The first-order valence-electron chi connectivity index (χ1n) is 8.87. The van der Waals surface area contributed by atoms with Gasteiger partial charge in [0.2, 0.25) is 0 Å². The number of nitro benzene ring substituents is 1. The first kappa shape index (κ1) is 18.9. The third kappa shape index (κ3) is 4.87. The predicted octanol–water partition coefficient (Wildman–Crippen LogP) is 3.76. The molecule has 0 aliphatic carbocycles. The van der Waals surface area contributed by atoms with Gasteiger partial charge in [-0.3, -0.25) is 10.1 Å². The first-order valence-corrected chi connectivity index (χ1v) is 8.87. The van der Waals surface area contributed by atoms with E-state index >= 15 is 0 Å². The van der Waals surface area contributed by atoms with E-state index in [2.05, 4.69) is 4.98 Å². The number of amides is 1. The number of aromatic nitrogens is 1. The molecule has 1 saturated heterocycles. The Hall–Kier alpha value is -2.84. The maximum absolute atomic E-state index is 12.2. The number of fused-ring (bicyclic) bond motifs is 1. The Morgan fingerprint density at radius 1 is 1.44 bits per heavy atom. The molecule has 0 saturated carbocycles. The van der Waals surface area contributed by atoms with E-state index in [1.54, 1.807) is 4.90 Å². The molecular formula is C18H23N3O6. The largest absolute Gasteiger partial charge is 0.450 e. The molecule has 0 bridgehead atoms. The number of rotatable bonds is 4. The van der Waals surface area contributed by atoms with Crippen molar-refractivity contribution < 1.29 is 23.6 Å². The second kappa shape index (κ2) is 7.42. The van der Waals surface area contributed by atoms with Gasteiger partial charge in [0.05, 0.1) is 11.5 Å². The Bertz CT molecular complexity index is 841. The number of carbonyl (C=O) groups is 1. The van der Waals surface area contributed by atoms with Crippen LogP contribution in [0.1, 0.15) is 33.6 Å². The van der Waals surface area contributed by atoms with Crippen LogP contribution < -0.4 is 4.74 Å². The zero-order valence-corrected chi connectivity index (χ0v) is 15.6. The summed E-state index contributed by atoms with van der Waals surface area (Å²) in [5, 5.41) is 10.8. The van der Waals surface area contributed by atoms with Gasteiger partial charge in [0.25, 0.3) is 5.69 Å². The lowest BCUT2D eigenvalue weighted by Crippen LogP contribution is -2.44. The summed E-state index contributed by atoms with van der Waals surface area (Å²) in [4.78, 5) is 28.4. The Morgan fingerprint density at radius 3 is 2.93 bits per heavy atom. The highest BCUT2D eigenvalue weighted by Crippen LogP contribution is 2.26. The van der Waals surface area contributed by atoms with Crippen LogP contribution in [-0.2, 0) is 4.74 Å². The average molecular weight is 377 g/mol. The van der Waals surface area contributed by atoms with Crippen LogP contribution in [0, 0.1) is 16.0 Å². The van der Waals surface area contributed by atoms with Gasteiger partial charge in [-0.2, -0.15) is 4.98 Å². The molecule has 1 aromatic carbocycles. The number of hydrogen-bond acceptors (Lipinski definition) is 7. The van der Waals surface area contributed by atoms with E-state index < -0.39 is 10.5 Å². The molecule has 9 nitrogen and oxygen atoms in total. The summed E-state index contributed by atoms with van der Waals surface area (Å²) >= 11 is 0. The minimum Gasteiger partial charge on any atom is -0.450 e. The summed E-state index contributed by atoms with van der Waals surface area (Å²) in [6.45, 7) is 7.07. The lowest BCUT2D eigenvalue weighted by molar-refractivity contribution is -0.384. The van der Waals surface area contributed by atoms with Crippen molar-refractivity contribution in [3.63, 3.8) is 0 Å². The van der Waals surface area contributed by atoms with Crippen molar-refractivity contribution in [1.29, 1.82) is 0 Å². The van der Waals surface area contributed by atoms with Crippen molar-refractivity contribution in [2.45, 2.75) is 39.2 Å². The molecule has 9 heteroatoms. The maximum Gasteiger partial charge on any atom is 0.410 e. The fourth-order valence-electron chi connectivity index (χ4n) is 2.95. The zero-order chi connectivity index (χ0) is 19.6. The fraction of sp³-hybridized carbons (Fsp3) is 0.556. The number of piperidine rings is 1. The number of benzene rings is 1. The summed E-state index contributed by atoms with van der Waals surface area (Å²) in [6.07, 6.45) is 1.54. The molecular weight excluding hydrogens is 354 g/mol. The van der Waals surface area contributed by atoms with Crippen LogP contribution in [0.2, 0.25) is 0 Å². The molecule has 1 aliphatic rings. The van der Waals surface area contributed by atoms with Gasteiger partial charge in [-0.05, 0) is 39.7 Å². The topological polar surface area (TPSA) is 108 Å². The van der Waals surface area contributed by atoms with Crippen molar-refractivity contribution in [1.82, 2.24) is 9.88 Å². The molecule has 2 aromatic rings. The zero-order valence-electron chi connectivity index (χ0n) is 15.6. The minimum absolute atomic E-state index is 0.0531. The van der Waals surface area contributed by atoms with Crippen molar-refractivity contribution in [2.75, 3.05) is 19.7 Å². The molecule has 0 spiro atoms. The SMILES string of the molecule is CC(C)(C)OC(=O)N1CCC[C@H](COc2nc3cc([N+](=O)[O-])ccc3o2)C1. The number of nitrogens with zero attached hydrogens (tertiary/aromatic N) is 3. The summed E-state index contributed by atoms with van der Waals surface area (Å²) in [5.41, 5.74) is 0.219. The molecule has 3 rings (SSSR count). The van der Waals surface area contributed by atoms with E-state index in [1.807, 2.05) is 20.8 Å². The van der Waals surface area contributed by atoms with Crippen molar-refractivity contribution in [3.05, 3.63) is 28.3 Å². The monoisotopic (exact) mass is 377 g/mol. The Balaban J connectivity index is 1.58. The van der Waals surface area contributed by atoms with Crippen LogP contribution in [0.4, 0.5) is 10.5 Å². The number of oxazole rings is 1. The molecule has 0 N–H and O–H groups in total. The second-order valence-electron chi connectivity index (χ2n) is 7.63. The summed E-state index contributed by atoms with van der Waals surface area (Å²) < 4.78 is 16.5. The van der Waals surface area contributed by atoms with Crippen LogP contribution in [0.25, 0.3) is 11.1 Å². The molecule has 1 aromatic heterocycles. The molecule has 1 aliphatic heterocycles. The number of hydrogen-bond donors (Lipinski definition) is 0. The highest BCUT2D eigenvalue weighted by atomic mass is 16.6. The van der Waals surface area contributed by atoms with E-state index in [-0.39, 0.29) is 23.8 Å². The number of carbonyl (C=O) groups excluding carboxylic acids is 1. The Morgan fingerprint density at radius 2 is 2.22 bits per heavy atom. The number of nitro groups is 1. The van der Waals surface area contributed by atoms with Crippen molar-refractivity contribution in [3.8, 4) is 6.08 Å². The average Bonchev–Trinajstić information content (AvgIpc) is 3.00. The van der Waals surface area contributed by atoms with E-state index in [0.29, 0.717) is 30.8 Å². The van der Waals surface area contributed by atoms with Gasteiger partial charge in [-0.25, -0.2) is 4.79 Å². The van der Waals surface area contributed by atoms with Gasteiger partial charge < -0.3 is 18.8 Å². The lowest BCUT2D eigenvalue weighted by Gasteiger charge is -2.33. The van der Waals surface area contributed by atoms with Crippen LogP contribution in [0.5, 0.6) is 6.08 Å². The molecule has 1 fully saturated rings. The predicted molar refractivity (Wildman–Crippen MR) is 96.7 cm³/mol. The molecule has 0 unspecified atom stereocenters. The van der Waals surface area contributed by atoms with E-state index in [0.717, 1.165) is 12.8 Å². The quantitative estimate of drug-likeness (QED) is 0.589. The molecule has 0 radical (unpaired) electrons. The number of likely N-dealkylation sites (tertiary alicyclic amines) is 1. The maximum atomic E-state index is 12.2. The normalized spacial score (nSPS) is 17.7. The van der Waals surface area contributed by atoms with Gasteiger partial charge >= 0.3 is 12.2 Å². The minimum atomic E-state index is -0.526. The third-order valence-corrected chi connectivity index (χ3v) is 4.18. The van der Waals surface area contributed by atoms with E-state index in [4.69, 9.17) is 13.9 Å². The second-order valence-corrected chi connectivity index (χ2v) is 7.63. The summed E-state index contributed by atoms with van der Waals surface area (Å²) in [6, 6.07) is 4.20. The number of ether oxygens (including phenoxy) is 2. The van der Waals surface area contributed by atoms with Crippen LogP contribution in [-0.4, -0.2) is 46.2 Å². The first-order chi connectivity index (χ1) is 12.7. The third-order valence-electron chi connectivity index (χ3n) is 4.18. The summed E-state index contributed by atoms with van der Waals surface area (Å²) in [5.74, 6) is 0.135. The fourth-order valence-corrected chi connectivity index (χ4v) is 2.95. The lowest BCUT2D eigenvalue weighted by atomic mass is 9.99. The Kier molecular flexibility index (Phi) is 5.20. The standard InChI is InChI=1S/C18H23N3O6/c1-18(2,3)27-17(22)20-8-4-5-12(10-20)11-25-16-19-14-9-13(21(23)24)6-7-15(14)26-16/h6-7,9,12H,4-5,8,10-11H2,1-3H3/t12-/m0/s1. The van der Waals surface area contributed by atoms with Gasteiger partial charge in [-0.1, -0.05) is 0 Å². The van der Waals surface area contributed by atoms with Crippen molar-refractivity contribution in [2.24, 2.45) is 5.92 Å². The van der Waals surface area contributed by atoms with Gasteiger partial charge in [0.1, 0.15) is 11.1 Å². The molecule has 146 valence electrons. The number of non-ortho nitro benzene ring substituents is 1. The highest BCUT2D eigenvalue weighted by molar-refractivity contribution is 5.75. The van der Waals surface area contributed by atoms with Crippen LogP contribution in [0.15, 0.2) is 22.6 Å². The molecule has 27 heavy (non-hydrogen) atoms. The molecule has 2 heterocycles.